The molecule has 0 bridgehead atoms. The monoisotopic (exact) mass is 355 g/mol. The molecule has 0 saturated carbocycles. The van der Waals surface area contributed by atoms with E-state index in [0.29, 0.717) is 6.61 Å². The zero-order chi connectivity index (χ0) is 14.5. The average molecular weight is 356 g/mol. The highest BCUT2D eigenvalue weighted by Gasteiger charge is 2.21. The zero-order valence-electron chi connectivity index (χ0n) is 11.5. The first-order valence-corrected chi connectivity index (χ1v) is 8.17. The molecule has 1 heterocycles. The first-order valence-electron chi connectivity index (χ1n) is 6.49. The van der Waals surface area contributed by atoms with Crippen LogP contribution in [0.1, 0.15) is 24.8 Å². The van der Waals surface area contributed by atoms with E-state index in [1.807, 2.05) is 49.6 Å². The lowest BCUT2D eigenvalue weighted by atomic mass is 10.1. The van der Waals surface area contributed by atoms with Crippen LogP contribution < -0.4 is 15.2 Å². The summed E-state index contributed by atoms with van der Waals surface area (Å²) in [6, 6.07) is 9.60. The van der Waals surface area contributed by atoms with Gasteiger partial charge in [0.25, 0.3) is 0 Å². The van der Waals surface area contributed by atoms with E-state index in [2.05, 4.69) is 15.9 Å². The number of thiophene rings is 1. The number of ether oxygens (including phenoxy) is 2. The summed E-state index contributed by atoms with van der Waals surface area (Å²) >= 11 is 5.10. The van der Waals surface area contributed by atoms with Gasteiger partial charge in [-0.2, -0.15) is 0 Å². The summed E-state index contributed by atoms with van der Waals surface area (Å²) in [4.78, 5) is 1.10. The van der Waals surface area contributed by atoms with Crippen LogP contribution in [-0.4, -0.2) is 12.6 Å². The number of para-hydroxylation sites is 2. The minimum absolute atomic E-state index is 0.116. The second-order valence-corrected chi connectivity index (χ2v) is 6.30. The Kier molecular flexibility index (Phi) is 5.46. The highest BCUT2D eigenvalue weighted by Crippen LogP contribution is 2.35. The van der Waals surface area contributed by atoms with Crippen LogP contribution in [0, 0.1) is 0 Å². The SMILES string of the molecule is CCOc1ccccc1OC(c1cc(Br)cs1)C(C)N. The van der Waals surface area contributed by atoms with Crippen LogP contribution in [0.5, 0.6) is 11.5 Å². The Labute approximate surface area is 131 Å². The van der Waals surface area contributed by atoms with Crippen LogP contribution in [-0.2, 0) is 0 Å². The quantitative estimate of drug-likeness (QED) is 0.836. The van der Waals surface area contributed by atoms with E-state index in [0.717, 1.165) is 20.8 Å². The summed E-state index contributed by atoms with van der Waals surface area (Å²) in [7, 11) is 0. The molecule has 2 aromatic rings. The molecule has 0 fully saturated rings. The van der Waals surface area contributed by atoms with Crippen molar-refractivity contribution in [1.29, 1.82) is 0 Å². The molecule has 1 aromatic heterocycles. The van der Waals surface area contributed by atoms with E-state index >= 15 is 0 Å². The number of hydrogen-bond donors (Lipinski definition) is 1. The van der Waals surface area contributed by atoms with Gasteiger partial charge < -0.3 is 15.2 Å². The topological polar surface area (TPSA) is 44.5 Å². The molecule has 3 nitrogen and oxygen atoms in total. The lowest BCUT2D eigenvalue weighted by molar-refractivity contribution is 0.174. The lowest BCUT2D eigenvalue weighted by Gasteiger charge is -2.22. The van der Waals surface area contributed by atoms with Gasteiger partial charge in [-0.05, 0) is 48.0 Å². The molecule has 0 radical (unpaired) electrons. The first-order chi connectivity index (χ1) is 9.61. The second-order valence-electron chi connectivity index (χ2n) is 4.44. The maximum atomic E-state index is 6.10. The van der Waals surface area contributed by atoms with Crippen LogP contribution in [0.4, 0.5) is 0 Å². The Bertz CT molecular complexity index is 556. The van der Waals surface area contributed by atoms with Gasteiger partial charge >= 0.3 is 0 Å². The molecule has 0 saturated heterocycles. The Morgan fingerprint density at radius 3 is 2.55 bits per heavy atom. The molecule has 5 heteroatoms. The normalized spacial score (nSPS) is 13.8. The molecule has 2 atom stereocenters. The summed E-state index contributed by atoms with van der Waals surface area (Å²) in [5.41, 5.74) is 6.08. The largest absolute Gasteiger partial charge is 0.490 e. The molecule has 20 heavy (non-hydrogen) atoms. The molecule has 0 aliphatic carbocycles. The predicted molar refractivity (Wildman–Crippen MR) is 86.6 cm³/mol. The van der Waals surface area contributed by atoms with Crippen molar-refractivity contribution in [3.05, 3.63) is 45.1 Å². The Morgan fingerprint density at radius 1 is 1.30 bits per heavy atom. The molecule has 108 valence electrons. The van der Waals surface area contributed by atoms with Gasteiger partial charge in [0.2, 0.25) is 0 Å². The molecule has 2 unspecified atom stereocenters. The molecular weight excluding hydrogens is 338 g/mol. The van der Waals surface area contributed by atoms with Crippen LogP contribution in [0.15, 0.2) is 40.2 Å². The second kappa shape index (κ2) is 7.11. The predicted octanol–water partition coefficient (Wildman–Crippen LogP) is 4.38. The van der Waals surface area contributed by atoms with E-state index in [-0.39, 0.29) is 12.1 Å². The van der Waals surface area contributed by atoms with Gasteiger partial charge in [-0.25, -0.2) is 0 Å². The molecule has 0 aliphatic rings. The Morgan fingerprint density at radius 2 is 2.00 bits per heavy atom. The molecule has 0 amide bonds. The third-order valence-corrected chi connectivity index (χ3v) is 4.50. The highest BCUT2D eigenvalue weighted by molar-refractivity contribution is 9.10. The first kappa shape index (κ1) is 15.4. The van der Waals surface area contributed by atoms with Crippen molar-refractivity contribution in [1.82, 2.24) is 0 Å². The van der Waals surface area contributed by atoms with Crippen molar-refractivity contribution >= 4 is 27.3 Å². The molecular formula is C15H18BrNO2S. The van der Waals surface area contributed by atoms with Crippen LogP contribution in [0.3, 0.4) is 0 Å². The number of nitrogens with two attached hydrogens (primary N) is 1. The summed E-state index contributed by atoms with van der Waals surface area (Å²) in [6.45, 7) is 4.51. The number of hydrogen-bond acceptors (Lipinski definition) is 4. The fourth-order valence-corrected chi connectivity index (χ4v) is 3.45. The average Bonchev–Trinajstić information content (AvgIpc) is 2.84. The minimum Gasteiger partial charge on any atom is -0.490 e. The van der Waals surface area contributed by atoms with Crippen molar-refractivity contribution in [2.24, 2.45) is 5.73 Å². The maximum absolute atomic E-state index is 6.10. The summed E-state index contributed by atoms with van der Waals surface area (Å²) in [6.07, 6.45) is -0.187. The Hall–Kier alpha value is -1.04. The van der Waals surface area contributed by atoms with Gasteiger partial charge in [0.05, 0.1) is 6.61 Å². The third-order valence-electron chi connectivity index (χ3n) is 2.75. The standard InChI is InChI=1S/C15H18BrNO2S/c1-3-18-12-6-4-5-7-13(12)19-15(10(2)17)14-8-11(16)9-20-14/h4-10,15H,3,17H2,1-2H3. The number of benzene rings is 1. The van der Waals surface area contributed by atoms with E-state index < -0.39 is 0 Å². The molecule has 0 spiro atoms. The summed E-state index contributed by atoms with van der Waals surface area (Å²) in [5.74, 6) is 1.47. The van der Waals surface area contributed by atoms with Gasteiger partial charge in [0.15, 0.2) is 11.5 Å². The van der Waals surface area contributed by atoms with E-state index in [1.165, 1.54) is 0 Å². The van der Waals surface area contributed by atoms with Crippen molar-refractivity contribution < 1.29 is 9.47 Å². The Balaban J connectivity index is 2.25. The zero-order valence-corrected chi connectivity index (χ0v) is 13.9. The van der Waals surface area contributed by atoms with Gasteiger partial charge in [-0.3, -0.25) is 0 Å². The van der Waals surface area contributed by atoms with Gasteiger partial charge in [0.1, 0.15) is 6.10 Å². The molecule has 0 aliphatic heterocycles. The van der Waals surface area contributed by atoms with E-state index in [4.69, 9.17) is 15.2 Å². The van der Waals surface area contributed by atoms with Crippen LogP contribution >= 0.6 is 27.3 Å². The van der Waals surface area contributed by atoms with Crippen molar-refractivity contribution in [2.45, 2.75) is 26.0 Å². The van der Waals surface area contributed by atoms with Gasteiger partial charge in [-0.1, -0.05) is 12.1 Å². The van der Waals surface area contributed by atoms with Gasteiger partial charge in [-0.15, -0.1) is 11.3 Å². The van der Waals surface area contributed by atoms with Crippen molar-refractivity contribution in [2.75, 3.05) is 6.61 Å². The summed E-state index contributed by atoms with van der Waals surface area (Å²) in [5, 5.41) is 2.03. The van der Waals surface area contributed by atoms with E-state index in [9.17, 15) is 0 Å². The van der Waals surface area contributed by atoms with Crippen LogP contribution in [0.25, 0.3) is 0 Å². The maximum Gasteiger partial charge on any atom is 0.162 e. The minimum atomic E-state index is -0.187. The fourth-order valence-electron chi connectivity index (χ4n) is 1.86. The molecule has 2 rings (SSSR count). The molecule has 1 aromatic carbocycles. The third kappa shape index (κ3) is 3.75. The fraction of sp³-hybridized carbons (Fsp3) is 0.333. The van der Waals surface area contributed by atoms with Crippen LogP contribution in [0.2, 0.25) is 0 Å². The van der Waals surface area contributed by atoms with Gasteiger partial charge in [0, 0.05) is 20.8 Å². The number of halogens is 1. The van der Waals surface area contributed by atoms with Crippen molar-refractivity contribution in [3.63, 3.8) is 0 Å². The van der Waals surface area contributed by atoms with Crippen molar-refractivity contribution in [3.8, 4) is 11.5 Å². The highest BCUT2D eigenvalue weighted by atomic mass is 79.9. The number of rotatable bonds is 6. The van der Waals surface area contributed by atoms with E-state index in [1.54, 1.807) is 11.3 Å². The summed E-state index contributed by atoms with van der Waals surface area (Å²) < 4.78 is 12.7. The lowest BCUT2D eigenvalue weighted by Crippen LogP contribution is -2.28. The molecule has 2 N–H and O–H groups in total. The smallest absolute Gasteiger partial charge is 0.162 e.